The summed E-state index contributed by atoms with van der Waals surface area (Å²) in [5.74, 6) is -0.200. The molecule has 0 saturated carbocycles. The second-order valence-corrected chi connectivity index (χ2v) is 6.15. The molecule has 0 heterocycles. The molecule has 2 nitrogen and oxygen atoms in total. The SMILES string of the molecule is CC(C)(C)OC(=O)CCc1cc(Br)ccc1Cl. The van der Waals surface area contributed by atoms with Crippen molar-refractivity contribution in [2.24, 2.45) is 0 Å². The first-order chi connectivity index (χ1) is 7.78. The van der Waals surface area contributed by atoms with Crippen LogP contribution in [0.5, 0.6) is 0 Å². The molecule has 0 amide bonds. The van der Waals surface area contributed by atoms with E-state index < -0.39 is 5.60 Å². The molecular formula is C13H16BrClO2. The second-order valence-electron chi connectivity index (χ2n) is 4.82. The first kappa shape index (κ1) is 14.5. The van der Waals surface area contributed by atoms with E-state index in [-0.39, 0.29) is 5.97 Å². The Morgan fingerprint density at radius 3 is 2.65 bits per heavy atom. The molecule has 0 saturated heterocycles. The van der Waals surface area contributed by atoms with Crippen LogP contribution >= 0.6 is 27.5 Å². The summed E-state index contributed by atoms with van der Waals surface area (Å²) in [4.78, 5) is 11.6. The molecule has 1 aromatic carbocycles. The fraction of sp³-hybridized carbons (Fsp3) is 0.462. The van der Waals surface area contributed by atoms with Crippen molar-refractivity contribution < 1.29 is 9.53 Å². The van der Waals surface area contributed by atoms with Gasteiger partial charge in [0.05, 0.1) is 0 Å². The van der Waals surface area contributed by atoms with Crippen molar-refractivity contribution in [1.82, 2.24) is 0 Å². The predicted molar refractivity (Wildman–Crippen MR) is 73.3 cm³/mol. The van der Waals surface area contributed by atoms with Gasteiger partial charge in [0, 0.05) is 15.9 Å². The van der Waals surface area contributed by atoms with Gasteiger partial charge in [-0.3, -0.25) is 4.79 Å². The van der Waals surface area contributed by atoms with Gasteiger partial charge in [-0.05, 0) is 51.0 Å². The van der Waals surface area contributed by atoms with Crippen molar-refractivity contribution in [3.63, 3.8) is 0 Å². The number of esters is 1. The molecule has 0 atom stereocenters. The zero-order valence-electron chi connectivity index (χ0n) is 10.2. The molecule has 0 unspecified atom stereocenters. The average molecular weight is 320 g/mol. The van der Waals surface area contributed by atoms with Crippen LogP contribution in [0, 0.1) is 0 Å². The van der Waals surface area contributed by atoms with Gasteiger partial charge in [0.2, 0.25) is 0 Å². The van der Waals surface area contributed by atoms with Crippen molar-refractivity contribution in [3.8, 4) is 0 Å². The maximum Gasteiger partial charge on any atom is 0.306 e. The molecule has 0 aliphatic carbocycles. The topological polar surface area (TPSA) is 26.3 Å². The Kier molecular flexibility index (Phi) is 5.02. The molecule has 0 aliphatic rings. The molecule has 94 valence electrons. The maximum absolute atomic E-state index is 11.6. The summed E-state index contributed by atoms with van der Waals surface area (Å²) < 4.78 is 6.20. The lowest BCUT2D eigenvalue weighted by molar-refractivity contribution is -0.154. The summed E-state index contributed by atoms with van der Waals surface area (Å²) in [6.45, 7) is 5.57. The molecule has 0 fully saturated rings. The van der Waals surface area contributed by atoms with E-state index in [1.807, 2.05) is 39.0 Å². The molecule has 1 aromatic rings. The number of rotatable bonds is 3. The zero-order chi connectivity index (χ0) is 13.1. The Morgan fingerprint density at radius 1 is 1.41 bits per heavy atom. The van der Waals surface area contributed by atoms with Gasteiger partial charge in [0.15, 0.2) is 0 Å². The van der Waals surface area contributed by atoms with Crippen molar-refractivity contribution in [2.45, 2.75) is 39.2 Å². The number of hydrogen-bond donors (Lipinski definition) is 0. The Labute approximate surface area is 115 Å². The summed E-state index contributed by atoms with van der Waals surface area (Å²) in [6.07, 6.45) is 0.931. The highest BCUT2D eigenvalue weighted by Crippen LogP contribution is 2.22. The highest BCUT2D eigenvalue weighted by Gasteiger charge is 2.16. The molecule has 1 rings (SSSR count). The highest BCUT2D eigenvalue weighted by molar-refractivity contribution is 9.10. The van der Waals surface area contributed by atoms with Gasteiger partial charge >= 0.3 is 5.97 Å². The van der Waals surface area contributed by atoms with E-state index in [1.54, 1.807) is 0 Å². The Balaban J connectivity index is 2.56. The summed E-state index contributed by atoms with van der Waals surface area (Å²) in [7, 11) is 0. The van der Waals surface area contributed by atoms with Crippen LogP contribution in [0.2, 0.25) is 5.02 Å². The highest BCUT2D eigenvalue weighted by atomic mass is 79.9. The van der Waals surface area contributed by atoms with Crippen LogP contribution in [0.4, 0.5) is 0 Å². The number of ether oxygens (including phenoxy) is 1. The van der Waals surface area contributed by atoms with Crippen LogP contribution in [-0.2, 0) is 16.0 Å². The maximum atomic E-state index is 11.6. The number of carbonyl (C=O) groups excluding carboxylic acids is 1. The number of carbonyl (C=O) groups is 1. The van der Waals surface area contributed by atoms with Crippen LogP contribution in [0.15, 0.2) is 22.7 Å². The van der Waals surface area contributed by atoms with Crippen LogP contribution < -0.4 is 0 Å². The number of aryl methyl sites for hydroxylation is 1. The Bertz CT molecular complexity index is 410. The van der Waals surface area contributed by atoms with Gasteiger partial charge in [0.1, 0.15) is 5.60 Å². The number of benzene rings is 1. The quantitative estimate of drug-likeness (QED) is 0.773. The first-order valence-electron chi connectivity index (χ1n) is 5.44. The van der Waals surface area contributed by atoms with E-state index in [1.165, 1.54) is 0 Å². The molecule has 0 radical (unpaired) electrons. The van der Waals surface area contributed by atoms with E-state index in [0.29, 0.717) is 17.9 Å². The van der Waals surface area contributed by atoms with E-state index in [2.05, 4.69) is 15.9 Å². The number of halogens is 2. The lowest BCUT2D eigenvalue weighted by Gasteiger charge is -2.19. The normalized spacial score (nSPS) is 11.4. The lowest BCUT2D eigenvalue weighted by atomic mass is 10.1. The van der Waals surface area contributed by atoms with E-state index in [4.69, 9.17) is 16.3 Å². The van der Waals surface area contributed by atoms with Crippen molar-refractivity contribution in [2.75, 3.05) is 0 Å². The number of hydrogen-bond acceptors (Lipinski definition) is 2. The van der Waals surface area contributed by atoms with Crippen molar-refractivity contribution in [1.29, 1.82) is 0 Å². The average Bonchev–Trinajstić information content (AvgIpc) is 2.17. The van der Waals surface area contributed by atoms with Crippen molar-refractivity contribution in [3.05, 3.63) is 33.3 Å². The minimum atomic E-state index is -0.432. The fourth-order valence-corrected chi connectivity index (χ4v) is 1.98. The molecule has 0 aromatic heterocycles. The van der Waals surface area contributed by atoms with Gasteiger partial charge in [0.25, 0.3) is 0 Å². The minimum absolute atomic E-state index is 0.200. The minimum Gasteiger partial charge on any atom is -0.460 e. The summed E-state index contributed by atoms with van der Waals surface area (Å²) >= 11 is 9.42. The third-order valence-corrected chi connectivity index (χ3v) is 2.89. The lowest BCUT2D eigenvalue weighted by Crippen LogP contribution is -2.24. The Hall–Kier alpha value is -0.540. The molecule has 17 heavy (non-hydrogen) atoms. The van der Waals surface area contributed by atoms with Crippen LogP contribution in [0.3, 0.4) is 0 Å². The van der Waals surface area contributed by atoms with Gasteiger partial charge < -0.3 is 4.74 Å². The molecule has 4 heteroatoms. The van der Waals surface area contributed by atoms with E-state index in [0.717, 1.165) is 10.0 Å². The molecule has 0 bridgehead atoms. The predicted octanol–water partition coefficient (Wildman–Crippen LogP) is 4.38. The van der Waals surface area contributed by atoms with E-state index >= 15 is 0 Å². The van der Waals surface area contributed by atoms with Gasteiger partial charge in [-0.15, -0.1) is 0 Å². The van der Waals surface area contributed by atoms with Gasteiger partial charge in [-0.1, -0.05) is 27.5 Å². The standard InChI is InChI=1S/C13H16BrClO2/c1-13(2,3)17-12(16)7-4-9-8-10(14)5-6-11(9)15/h5-6,8H,4,7H2,1-3H3. The van der Waals surface area contributed by atoms with Crippen LogP contribution in [-0.4, -0.2) is 11.6 Å². The van der Waals surface area contributed by atoms with Crippen LogP contribution in [0.1, 0.15) is 32.8 Å². The third kappa shape index (κ3) is 5.55. The van der Waals surface area contributed by atoms with Gasteiger partial charge in [-0.25, -0.2) is 0 Å². The molecular weight excluding hydrogens is 303 g/mol. The molecule has 0 aliphatic heterocycles. The monoisotopic (exact) mass is 318 g/mol. The smallest absolute Gasteiger partial charge is 0.306 e. The summed E-state index contributed by atoms with van der Waals surface area (Å²) in [5.41, 5.74) is 0.518. The zero-order valence-corrected chi connectivity index (χ0v) is 12.6. The Morgan fingerprint density at radius 2 is 2.06 bits per heavy atom. The fourth-order valence-electron chi connectivity index (χ4n) is 1.36. The molecule has 0 spiro atoms. The summed E-state index contributed by atoms with van der Waals surface area (Å²) in [5, 5.41) is 0.678. The van der Waals surface area contributed by atoms with Gasteiger partial charge in [-0.2, -0.15) is 0 Å². The second kappa shape index (κ2) is 5.87. The van der Waals surface area contributed by atoms with Crippen molar-refractivity contribution >= 4 is 33.5 Å². The van der Waals surface area contributed by atoms with Crippen LogP contribution in [0.25, 0.3) is 0 Å². The van der Waals surface area contributed by atoms with E-state index in [9.17, 15) is 4.79 Å². The molecule has 0 N–H and O–H groups in total. The summed E-state index contributed by atoms with van der Waals surface area (Å²) in [6, 6.07) is 5.61. The third-order valence-electron chi connectivity index (χ3n) is 2.03. The largest absolute Gasteiger partial charge is 0.460 e. The first-order valence-corrected chi connectivity index (χ1v) is 6.61.